The fraction of sp³-hybridized carbons (Fsp3) is 0.917. The van der Waals surface area contributed by atoms with Crippen LogP contribution in [0.1, 0.15) is 30.9 Å². The summed E-state index contributed by atoms with van der Waals surface area (Å²) in [5.74, 6) is -3.61. The zero-order valence-corrected chi connectivity index (χ0v) is 54.7. The minimum absolute atomic E-state index is 0.0215. The van der Waals surface area contributed by atoms with E-state index in [1.54, 1.807) is 12.4 Å². The van der Waals surface area contributed by atoms with Gasteiger partial charge in [-0.3, -0.25) is 4.98 Å². The maximum atomic E-state index is 12.9. The van der Waals surface area contributed by atoms with E-state index in [1.165, 1.54) is 82.9 Å². The molecule has 0 radical (unpaired) electrons. The highest BCUT2D eigenvalue weighted by Gasteiger charge is 2.60. The lowest BCUT2D eigenvalue weighted by Crippen LogP contribution is -2.68. The van der Waals surface area contributed by atoms with Gasteiger partial charge in [0.2, 0.25) is 0 Å². The third-order valence-electron chi connectivity index (χ3n) is 18.4. The Balaban J connectivity index is 1.25. The first kappa shape index (κ1) is 75.1. The highest BCUT2D eigenvalue weighted by Crippen LogP contribution is 2.45. The molecule has 31 heteroatoms. The summed E-state index contributed by atoms with van der Waals surface area (Å²) in [5, 5.41) is 79.1. The zero-order chi connectivity index (χ0) is 65.5. The molecule has 0 saturated carbocycles. The number of aryl methyl sites for hydroxylation is 1. The largest absolute Gasteiger partial charge is 0.396 e. The van der Waals surface area contributed by atoms with E-state index in [4.69, 9.17) is 104 Å². The van der Waals surface area contributed by atoms with Crippen molar-refractivity contribution in [3.8, 4) is 0 Å². The maximum absolute atomic E-state index is 12.9. The van der Waals surface area contributed by atoms with Crippen molar-refractivity contribution in [1.29, 1.82) is 0 Å². The van der Waals surface area contributed by atoms with Crippen molar-refractivity contribution < 1.29 is 140 Å². The van der Waals surface area contributed by atoms with Crippen LogP contribution in [-0.4, -0.2) is 337 Å². The monoisotopic (exact) mass is 1330 g/mol. The van der Waals surface area contributed by atoms with Crippen molar-refractivity contribution in [3.63, 3.8) is 0 Å². The number of aliphatic hydroxyl groups excluding tert-OH is 7. The fourth-order valence-electron chi connectivity index (χ4n) is 13.9. The molecule has 12 bridgehead atoms. The Kier molecular flexibility index (Phi) is 30.4. The lowest BCUT2D eigenvalue weighted by molar-refractivity contribution is -0.398. The Morgan fingerprint density at radius 2 is 0.758 bits per heavy atom. The summed E-state index contributed by atoms with van der Waals surface area (Å²) in [5.41, 5.74) is 1.86. The third kappa shape index (κ3) is 16.9. The van der Waals surface area contributed by atoms with E-state index in [0.717, 1.165) is 17.5 Å². The van der Waals surface area contributed by atoms with Crippen LogP contribution in [0.3, 0.4) is 0 Å². The molecule has 0 amide bonds. The second-order valence-electron chi connectivity index (χ2n) is 23.6. The standard InChI is InChI=1S/C60H101NO29S/c1-12-29-17-30(19-61-18-29)28-91-54-41(68)57-79-36(14-16-63)49(54)90-60-53(78-11)51(76-9)48(40(84-60)27-72-5)89-58-45(74-7)33(22-66)43(38(83-58)25-70-3)86-55-32(21-65)31(20-64)42(37(81-55)24-69-2)85-56-34(23-67)44(73-6)47(39(82-56)26-71-4)88-59-52(77-10)50(75-8)46(87-57)35(80-59)13-15-62/h17-19,31-60,62-68H,12-16,20-28H2,1-11H3/t31-,32?,33+,34?,35?,36?,37?,38?,39?,40?,41?,42-,43-,44-,45?,46+,47+,48+,49+,50+,51+,52?,53?,54-,55+,56-,57-,58-,59-,60-/m1/s1. The molecule has 1 aromatic heterocycles. The van der Waals surface area contributed by atoms with Crippen LogP contribution in [0.2, 0.25) is 0 Å². The van der Waals surface area contributed by atoms with Crippen molar-refractivity contribution in [3.05, 3.63) is 29.6 Å². The van der Waals surface area contributed by atoms with E-state index in [9.17, 15) is 35.7 Å². The van der Waals surface area contributed by atoms with E-state index >= 15 is 0 Å². The lowest BCUT2D eigenvalue weighted by Gasteiger charge is -2.53. The van der Waals surface area contributed by atoms with Crippen LogP contribution < -0.4 is 0 Å². The van der Waals surface area contributed by atoms with Gasteiger partial charge in [0.15, 0.2) is 37.7 Å². The van der Waals surface area contributed by atoms with Crippen molar-refractivity contribution in [1.82, 2.24) is 4.98 Å². The van der Waals surface area contributed by atoms with E-state index in [1.807, 2.05) is 13.0 Å². The topological polar surface area (TPSA) is 358 Å². The molecule has 1 aromatic rings. The molecule has 0 aliphatic carbocycles. The molecule has 7 N–H and O–H groups in total. The third-order valence-corrected chi connectivity index (χ3v) is 19.9. The van der Waals surface area contributed by atoms with Crippen molar-refractivity contribution >= 4 is 11.8 Å². The van der Waals surface area contributed by atoms with Gasteiger partial charge in [-0.05, 0) is 30.4 Å². The molecular formula is C60H101NO29S. The van der Waals surface area contributed by atoms with Crippen molar-refractivity contribution in [2.24, 2.45) is 23.7 Å². The molecule has 526 valence electrons. The molecule has 22 aliphatic heterocycles. The molecule has 0 aromatic carbocycles. The maximum Gasteiger partial charge on any atom is 0.187 e. The number of methoxy groups -OCH3 is 10. The van der Waals surface area contributed by atoms with Gasteiger partial charge in [-0.25, -0.2) is 0 Å². The predicted molar refractivity (Wildman–Crippen MR) is 314 cm³/mol. The van der Waals surface area contributed by atoms with Gasteiger partial charge in [0.1, 0.15) is 85.5 Å². The second-order valence-corrected chi connectivity index (χ2v) is 24.8. The van der Waals surface area contributed by atoms with Gasteiger partial charge < -0.3 is 140 Å². The number of thioether (sulfide) groups is 1. The van der Waals surface area contributed by atoms with Gasteiger partial charge in [-0.1, -0.05) is 13.0 Å². The first-order valence-electron chi connectivity index (χ1n) is 31.2. The van der Waals surface area contributed by atoms with Crippen LogP contribution in [0.25, 0.3) is 0 Å². The Bertz CT molecular complexity index is 2230. The first-order chi connectivity index (χ1) is 44.3. The average Bonchev–Trinajstić information content (AvgIpc) is 0.968. The van der Waals surface area contributed by atoms with Gasteiger partial charge in [-0.2, -0.15) is 0 Å². The molecule has 22 aliphatic rings. The highest BCUT2D eigenvalue weighted by molar-refractivity contribution is 7.99. The van der Waals surface area contributed by atoms with Gasteiger partial charge in [0, 0.05) is 127 Å². The molecule has 12 unspecified atom stereocenters. The van der Waals surface area contributed by atoms with Crippen LogP contribution >= 0.6 is 11.8 Å². The quantitative estimate of drug-likeness (QED) is 0.0536. The van der Waals surface area contributed by atoms with E-state index in [0.29, 0.717) is 5.75 Å². The van der Waals surface area contributed by atoms with Gasteiger partial charge in [0.25, 0.3) is 0 Å². The number of nitrogens with zero attached hydrogens (tertiary/aromatic N) is 1. The minimum atomic E-state index is -1.50. The predicted octanol–water partition coefficient (Wildman–Crippen LogP) is -1.84. The lowest BCUT2D eigenvalue weighted by atomic mass is 9.82. The summed E-state index contributed by atoms with van der Waals surface area (Å²) in [4.78, 5) is 4.48. The van der Waals surface area contributed by atoms with Crippen LogP contribution in [0.4, 0.5) is 0 Å². The first-order valence-corrected chi connectivity index (χ1v) is 32.2. The van der Waals surface area contributed by atoms with Gasteiger partial charge >= 0.3 is 0 Å². The number of hydrogen-bond acceptors (Lipinski definition) is 31. The second kappa shape index (κ2) is 36.8. The molecule has 30 atom stereocenters. The molecule has 22 saturated heterocycles. The van der Waals surface area contributed by atoms with Crippen molar-refractivity contribution in [2.45, 2.75) is 191 Å². The molecule has 22 fully saturated rings. The summed E-state index contributed by atoms with van der Waals surface area (Å²) >= 11 is 1.35. The summed E-state index contributed by atoms with van der Waals surface area (Å²) in [7, 11) is 14.5. The van der Waals surface area contributed by atoms with Crippen LogP contribution in [0.5, 0.6) is 0 Å². The average molecular weight is 1330 g/mol. The van der Waals surface area contributed by atoms with Crippen LogP contribution in [0, 0.1) is 23.7 Å². The Morgan fingerprint density at radius 3 is 1.23 bits per heavy atom. The number of pyridine rings is 1. The minimum Gasteiger partial charge on any atom is -0.396 e. The van der Waals surface area contributed by atoms with Crippen molar-refractivity contribution in [2.75, 3.05) is 137 Å². The number of aromatic nitrogens is 1. The molecule has 30 nitrogen and oxygen atoms in total. The van der Waals surface area contributed by atoms with E-state index in [-0.39, 0.29) is 45.9 Å². The summed E-state index contributed by atoms with van der Waals surface area (Å²) in [6, 6.07) is 2.03. The Hall–Kier alpha value is -1.66. The summed E-state index contributed by atoms with van der Waals surface area (Å²) in [6.45, 7) is -1.50. The molecule has 23 rings (SSSR count). The summed E-state index contributed by atoms with van der Waals surface area (Å²) in [6.07, 6.45) is -24.4. The summed E-state index contributed by atoms with van der Waals surface area (Å²) < 4.78 is 142. The normalized spacial score (nSPS) is 43.4. The molecule has 23 heterocycles. The smallest absolute Gasteiger partial charge is 0.187 e. The highest BCUT2D eigenvalue weighted by atomic mass is 32.2. The number of aliphatic hydroxyl groups is 7. The van der Waals surface area contributed by atoms with E-state index in [2.05, 4.69) is 4.98 Å². The van der Waals surface area contributed by atoms with Gasteiger partial charge in [0.05, 0.1) is 87.9 Å². The number of rotatable bonds is 26. The fourth-order valence-corrected chi connectivity index (χ4v) is 15.2. The SMILES string of the molecule is CCc1cncc(CS[C@@H]2C(O)[C@@H]3OC(CCO)[C@@H]2O[C@H]2OC(COC)[C@H](O[C@H]4OC(COC)[C@H](O[C@@H]5OC(COC)[C@H](O[C@H]6OC(COC)[C@H](O[C@H]7OC(CCO)[C@H](O3)[C@H](OC)C7OC)[C@H](OC)C6CO)[C@H](CO)C5CO)[C@H](CO)C4OC)[C@H](OC)C2OC)c1. The molecule has 91 heavy (non-hydrogen) atoms. The number of hydrogen-bond donors (Lipinski definition) is 7. The van der Waals surface area contributed by atoms with Gasteiger partial charge in [-0.15, -0.1) is 11.8 Å². The Morgan fingerprint density at radius 1 is 0.385 bits per heavy atom. The molecule has 0 spiro atoms. The molecular weight excluding hydrogens is 1230 g/mol. The zero-order valence-electron chi connectivity index (χ0n) is 53.9. The van der Waals surface area contributed by atoms with E-state index < -0.39 is 216 Å². The Labute approximate surface area is 536 Å². The number of ether oxygens (including phenoxy) is 22. The van der Waals surface area contributed by atoms with Crippen LogP contribution in [0.15, 0.2) is 18.5 Å². The van der Waals surface area contributed by atoms with Crippen LogP contribution in [-0.2, 0) is 116 Å².